The maximum absolute atomic E-state index is 13.3. The summed E-state index contributed by atoms with van der Waals surface area (Å²) in [4.78, 5) is 12.6. The number of rotatable bonds is 8. The Morgan fingerprint density at radius 3 is 2.47 bits per heavy atom. The minimum Gasteiger partial charge on any atom is -0.464 e. The molecule has 1 amide bonds. The molecule has 4 aromatic rings. The van der Waals surface area contributed by atoms with Gasteiger partial charge in [0.15, 0.2) is 0 Å². The molecule has 0 saturated heterocycles. The number of nitrogens with one attached hydrogen (secondary N) is 2. The van der Waals surface area contributed by atoms with Crippen LogP contribution in [-0.2, 0) is 34.3 Å². The zero-order valence-corrected chi connectivity index (χ0v) is 19.7. The van der Waals surface area contributed by atoms with Crippen molar-refractivity contribution in [2.24, 2.45) is 0 Å². The highest BCUT2D eigenvalue weighted by Gasteiger charge is 2.16. The number of carbonyl (C=O) groups is 1. The van der Waals surface area contributed by atoms with Crippen molar-refractivity contribution in [3.8, 4) is 0 Å². The Bertz CT molecular complexity index is 1460. The van der Waals surface area contributed by atoms with E-state index in [-0.39, 0.29) is 30.3 Å². The van der Waals surface area contributed by atoms with Crippen molar-refractivity contribution in [2.45, 2.75) is 38.3 Å². The van der Waals surface area contributed by atoms with Crippen LogP contribution in [-0.4, -0.2) is 14.3 Å². The summed E-state index contributed by atoms with van der Waals surface area (Å²) in [6.45, 7) is 4.15. The molecule has 2 N–H and O–H groups in total. The van der Waals surface area contributed by atoms with Crippen LogP contribution < -0.4 is 10.0 Å². The van der Waals surface area contributed by atoms with E-state index in [1.807, 2.05) is 26.0 Å². The maximum atomic E-state index is 13.3. The van der Waals surface area contributed by atoms with Gasteiger partial charge in [0.1, 0.15) is 11.4 Å². The normalized spacial score (nSPS) is 11.6. The summed E-state index contributed by atoms with van der Waals surface area (Å²) in [5.41, 5.74) is 4.92. The van der Waals surface area contributed by atoms with Crippen molar-refractivity contribution < 1.29 is 22.0 Å². The van der Waals surface area contributed by atoms with Crippen LogP contribution in [0.3, 0.4) is 0 Å². The third kappa shape index (κ3) is 5.35. The smallest absolute Gasteiger partial charge is 0.240 e. The SMILES string of the molecule is Cc1ccc2c(CC(=O)NCc3cccc(S(=O)(=O)NCc4cccc(F)c4)c3)coc2c1C. The highest BCUT2D eigenvalue weighted by molar-refractivity contribution is 7.89. The molecular weight excluding hydrogens is 455 g/mol. The van der Waals surface area contributed by atoms with Crippen LogP contribution in [0, 0.1) is 19.7 Å². The van der Waals surface area contributed by atoms with E-state index in [0.717, 1.165) is 27.7 Å². The van der Waals surface area contributed by atoms with E-state index in [2.05, 4.69) is 10.0 Å². The molecular formula is C26H25FN2O4S. The molecule has 0 spiro atoms. The number of fused-ring (bicyclic) bond motifs is 1. The number of carbonyl (C=O) groups excluding carboxylic acids is 1. The monoisotopic (exact) mass is 480 g/mol. The second-order valence-electron chi connectivity index (χ2n) is 8.20. The van der Waals surface area contributed by atoms with Crippen molar-refractivity contribution in [3.05, 3.63) is 101 Å². The fourth-order valence-corrected chi connectivity index (χ4v) is 4.78. The van der Waals surface area contributed by atoms with Crippen LogP contribution in [0.25, 0.3) is 11.0 Å². The van der Waals surface area contributed by atoms with E-state index < -0.39 is 15.8 Å². The number of aryl methyl sites for hydroxylation is 2. The number of furan rings is 1. The van der Waals surface area contributed by atoms with E-state index in [9.17, 15) is 17.6 Å². The Hall–Kier alpha value is -3.49. The van der Waals surface area contributed by atoms with Gasteiger partial charge in [-0.1, -0.05) is 36.4 Å². The van der Waals surface area contributed by atoms with Crippen molar-refractivity contribution in [2.75, 3.05) is 0 Å². The van der Waals surface area contributed by atoms with Crippen LogP contribution in [0.5, 0.6) is 0 Å². The fraction of sp³-hybridized carbons (Fsp3) is 0.192. The molecule has 0 atom stereocenters. The molecule has 34 heavy (non-hydrogen) atoms. The van der Waals surface area contributed by atoms with Crippen molar-refractivity contribution >= 4 is 26.9 Å². The lowest BCUT2D eigenvalue weighted by molar-refractivity contribution is -0.120. The van der Waals surface area contributed by atoms with Gasteiger partial charge in [0.2, 0.25) is 15.9 Å². The molecule has 1 heterocycles. The van der Waals surface area contributed by atoms with Gasteiger partial charge in [0.05, 0.1) is 17.6 Å². The molecule has 0 bridgehead atoms. The highest BCUT2D eigenvalue weighted by atomic mass is 32.2. The minimum atomic E-state index is -3.80. The Labute approximate surface area is 197 Å². The van der Waals surface area contributed by atoms with E-state index >= 15 is 0 Å². The standard InChI is InChI=1S/C26H25FN2O4S/c1-17-9-10-24-21(16-33-26(24)18(17)2)13-25(30)28-14-20-6-4-8-23(12-20)34(31,32)29-15-19-5-3-7-22(27)11-19/h3-12,16,29H,13-15H2,1-2H3,(H,28,30). The van der Waals surface area contributed by atoms with Gasteiger partial charge in [0.25, 0.3) is 0 Å². The highest BCUT2D eigenvalue weighted by Crippen LogP contribution is 2.26. The number of hydrogen-bond acceptors (Lipinski definition) is 4. The van der Waals surface area contributed by atoms with Crippen LogP contribution >= 0.6 is 0 Å². The largest absolute Gasteiger partial charge is 0.464 e. The predicted molar refractivity (Wildman–Crippen MR) is 128 cm³/mol. The van der Waals surface area contributed by atoms with E-state index in [1.165, 1.54) is 30.3 Å². The Morgan fingerprint density at radius 1 is 0.971 bits per heavy atom. The predicted octanol–water partition coefficient (Wildman–Crippen LogP) is 4.53. The van der Waals surface area contributed by atoms with Gasteiger partial charge in [-0.25, -0.2) is 17.5 Å². The quantitative estimate of drug-likeness (QED) is 0.388. The Morgan fingerprint density at radius 2 is 1.71 bits per heavy atom. The molecule has 0 radical (unpaired) electrons. The molecule has 0 fully saturated rings. The number of sulfonamides is 1. The summed E-state index contributed by atoms with van der Waals surface area (Å²) in [6, 6.07) is 16.0. The van der Waals surface area contributed by atoms with Crippen LogP contribution in [0.1, 0.15) is 27.8 Å². The Balaban J connectivity index is 1.38. The molecule has 8 heteroatoms. The molecule has 3 aromatic carbocycles. The second-order valence-corrected chi connectivity index (χ2v) is 9.97. The summed E-state index contributed by atoms with van der Waals surface area (Å²) in [6.07, 6.45) is 1.76. The summed E-state index contributed by atoms with van der Waals surface area (Å²) in [7, 11) is -3.80. The number of amides is 1. The molecule has 0 aliphatic heterocycles. The molecule has 4 rings (SSSR count). The van der Waals surface area contributed by atoms with Gasteiger partial charge in [-0.2, -0.15) is 0 Å². The molecule has 0 aliphatic carbocycles. The van der Waals surface area contributed by atoms with Crippen LogP contribution in [0.4, 0.5) is 4.39 Å². The van der Waals surface area contributed by atoms with Crippen molar-refractivity contribution in [1.82, 2.24) is 10.0 Å². The minimum absolute atomic E-state index is 0.0291. The van der Waals surface area contributed by atoms with Gasteiger partial charge < -0.3 is 9.73 Å². The van der Waals surface area contributed by atoms with E-state index in [4.69, 9.17) is 4.42 Å². The summed E-state index contributed by atoms with van der Waals surface area (Å²) in [5.74, 6) is -0.624. The first-order chi connectivity index (χ1) is 16.2. The second kappa shape index (κ2) is 9.79. The zero-order valence-electron chi connectivity index (χ0n) is 18.9. The molecule has 176 valence electrons. The summed E-state index contributed by atoms with van der Waals surface area (Å²) >= 11 is 0. The maximum Gasteiger partial charge on any atom is 0.240 e. The topological polar surface area (TPSA) is 88.4 Å². The summed E-state index contributed by atoms with van der Waals surface area (Å²) in [5, 5.41) is 3.75. The fourth-order valence-electron chi connectivity index (χ4n) is 3.69. The lowest BCUT2D eigenvalue weighted by Crippen LogP contribution is -2.25. The first kappa shape index (κ1) is 23.7. The number of halogens is 1. The third-order valence-electron chi connectivity index (χ3n) is 5.75. The van der Waals surface area contributed by atoms with Crippen molar-refractivity contribution in [1.29, 1.82) is 0 Å². The average molecular weight is 481 g/mol. The summed E-state index contributed by atoms with van der Waals surface area (Å²) < 4.78 is 46.8. The van der Waals surface area contributed by atoms with Gasteiger partial charge >= 0.3 is 0 Å². The lowest BCUT2D eigenvalue weighted by Gasteiger charge is -2.10. The molecule has 0 unspecified atom stereocenters. The van der Waals surface area contributed by atoms with Gasteiger partial charge in [-0.3, -0.25) is 4.79 Å². The number of benzene rings is 3. The van der Waals surface area contributed by atoms with Gasteiger partial charge in [-0.05, 0) is 60.4 Å². The number of hydrogen-bond donors (Lipinski definition) is 2. The van der Waals surface area contributed by atoms with Crippen molar-refractivity contribution in [3.63, 3.8) is 0 Å². The zero-order chi connectivity index (χ0) is 24.3. The van der Waals surface area contributed by atoms with Crippen LogP contribution in [0.15, 0.2) is 76.2 Å². The first-order valence-corrected chi connectivity index (χ1v) is 12.3. The van der Waals surface area contributed by atoms with E-state index in [0.29, 0.717) is 11.1 Å². The molecule has 0 aliphatic rings. The lowest BCUT2D eigenvalue weighted by atomic mass is 10.0. The van der Waals surface area contributed by atoms with Gasteiger partial charge in [0, 0.05) is 24.0 Å². The molecule has 0 saturated carbocycles. The Kier molecular flexibility index (Phi) is 6.81. The van der Waals surface area contributed by atoms with E-state index in [1.54, 1.807) is 24.5 Å². The van der Waals surface area contributed by atoms with Gasteiger partial charge in [-0.15, -0.1) is 0 Å². The first-order valence-electron chi connectivity index (χ1n) is 10.8. The molecule has 1 aromatic heterocycles. The third-order valence-corrected chi connectivity index (χ3v) is 7.15. The van der Waals surface area contributed by atoms with Crippen LogP contribution in [0.2, 0.25) is 0 Å². The molecule has 6 nitrogen and oxygen atoms in total. The average Bonchev–Trinajstić information content (AvgIpc) is 3.22.